The number of rotatable bonds is 9. The molecule has 0 spiro atoms. The second-order valence-corrected chi connectivity index (χ2v) is 15.8. The molecule has 0 radical (unpaired) electrons. The SMILES string of the molecule is CCOc1cc(/C=C2\SC(=Nc3cc4c5c(c3)[C@H](c3ccccc3)CCN5CC[C@H]4c3ccccc3)NC2=O)cc(I)c1OCc1ccc(Cl)cc1. The average molecular weight is 838 g/mol. The number of thioether (sulfide) groups is 1. The van der Waals surface area contributed by atoms with E-state index >= 15 is 0 Å². The van der Waals surface area contributed by atoms with Crippen molar-refractivity contribution in [2.75, 3.05) is 24.6 Å². The maximum absolute atomic E-state index is 13.4. The van der Waals surface area contributed by atoms with E-state index in [1.165, 1.54) is 39.7 Å². The predicted octanol–water partition coefficient (Wildman–Crippen LogP) is 10.7. The summed E-state index contributed by atoms with van der Waals surface area (Å²) in [5.41, 5.74) is 9.35. The number of ether oxygens (including phenoxy) is 2. The number of benzene rings is 5. The molecule has 6 nitrogen and oxygen atoms in total. The van der Waals surface area contributed by atoms with Gasteiger partial charge in [0.2, 0.25) is 0 Å². The number of anilines is 1. The highest BCUT2D eigenvalue weighted by atomic mass is 127. The Labute approximate surface area is 327 Å². The molecule has 0 aromatic heterocycles. The Morgan fingerprint density at radius 2 is 1.52 bits per heavy atom. The minimum absolute atomic E-state index is 0.172. The third-order valence-corrected chi connectivity index (χ3v) is 11.8. The molecule has 0 saturated carbocycles. The number of amidine groups is 1. The van der Waals surface area contributed by atoms with Gasteiger partial charge in [0, 0.05) is 35.6 Å². The summed E-state index contributed by atoms with van der Waals surface area (Å²) in [6, 6.07) is 37.6. The third-order valence-electron chi connectivity index (χ3n) is 9.81. The number of nitrogens with zero attached hydrogens (tertiary/aromatic N) is 2. The van der Waals surface area contributed by atoms with Gasteiger partial charge in [0.25, 0.3) is 5.91 Å². The molecule has 0 unspecified atom stereocenters. The Morgan fingerprint density at radius 3 is 2.13 bits per heavy atom. The van der Waals surface area contributed by atoms with Crippen LogP contribution in [0.1, 0.15) is 65.0 Å². The third kappa shape index (κ3) is 7.34. The van der Waals surface area contributed by atoms with Crippen LogP contribution < -0.4 is 19.7 Å². The molecule has 1 N–H and O–H groups in total. The van der Waals surface area contributed by atoms with Crippen molar-refractivity contribution in [1.82, 2.24) is 5.32 Å². The molecule has 3 heterocycles. The molecule has 262 valence electrons. The van der Waals surface area contributed by atoms with Gasteiger partial charge in [-0.25, -0.2) is 4.99 Å². The molecule has 5 aromatic rings. The molecule has 1 fully saturated rings. The van der Waals surface area contributed by atoms with Gasteiger partial charge in [0.05, 0.1) is 20.8 Å². The minimum atomic E-state index is -0.172. The van der Waals surface area contributed by atoms with Crippen molar-refractivity contribution in [3.05, 3.63) is 156 Å². The molecule has 0 aliphatic carbocycles. The zero-order valence-electron chi connectivity index (χ0n) is 28.7. The first-order valence-corrected chi connectivity index (χ1v) is 19.9. The summed E-state index contributed by atoms with van der Waals surface area (Å²) in [5.74, 6) is 1.69. The van der Waals surface area contributed by atoms with Crippen molar-refractivity contribution in [2.45, 2.75) is 38.2 Å². The van der Waals surface area contributed by atoms with Gasteiger partial charge in [-0.15, -0.1) is 0 Å². The number of hydrogen-bond acceptors (Lipinski definition) is 6. The molecule has 0 bridgehead atoms. The molecule has 1 amide bonds. The lowest BCUT2D eigenvalue weighted by atomic mass is 9.76. The van der Waals surface area contributed by atoms with Crippen LogP contribution in [0.25, 0.3) is 6.08 Å². The van der Waals surface area contributed by atoms with E-state index in [1.807, 2.05) is 49.4 Å². The Hall–Kier alpha value is -4.25. The van der Waals surface area contributed by atoms with Crippen LogP contribution in [0.15, 0.2) is 119 Å². The molecule has 9 heteroatoms. The molecule has 8 rings (SSSR count). The summed E-state index contributed by atoms with van der Waals surface area (Å²) in [4.78, 5) is 21.6. The molecule has 2 atom stereocenters. The second kappa shape index (κ2) is 15.4. The Kier molecular flexibility index (Phi) is 10.3. The van der Waals surface area contributed by atoms with Crippen LogP contribution in [-0.4, -0.2) is 30.8 Å². The van der Waals surface area contributed by atoms with Crippen LogP contribution in [0.3, 0.4) is 0 Å². The van der Waals surface area contributed by atoms with Crippen LogP contribution in [0.2, 0.25) is 5.02 Å². The van der Waals surface area contributed by atoms with Crippen molar-refractivity contribution in [3.63, 3.8) is 0 Å². The number of halogens is 2. The van der Waals surface area contributed by atoms with Crippen LogP contribution in [-0.2, 0) is 11.4 Å². The minimum Gasteiger partial charge on any atom is -0.490 e. The number of amides is 1. The van der Waals surface area contributed by atoms with Crippen LogP contribution in [0, 0.1) is 3.57 Å². The average Bonchev–Trinajstić information content (AvgIpc) is 3.50. The fraction of sp³-hybridized carbons (Fsp3) is 0.209. The van der Waals surface area contributed by atoms with Crippen molar-refractivity contribution in [1.29, 1.82) is 0 Å². The van der Waals surface area contributed by atoms with Crippen molar-refractivity contribution >= 4 is 74.5 Å². The topological polar surface area (TPSA) is 63.2 Å². The molecule has 3 aliphatic heterocycles. The summed E-state index contributed by atoms with van der Waals surface area (Å²) in [5, 5.41) is 4.29. The van der Waals surface area contributed by atoms with E-state index in [0.29, 0.717) is 39.8 Å². The van der Waals surface area contributed by atoms with Crippen molar-refractivity contribution < 1.29 is 14.3 Å². The number of carbonyl (C=O) groups is 1. The van der Waals surface area contributed by atoms with Crippen molar-refractivity contribution in [2.24, 2.45) is 4.99 Å². The fourth-order valence-electron chi connectivity index (χ4n) is 7.46. The van der Waals surface area contributed by atoms with Crippen LogP contribution in [0.5, 0.6) is 11.5 Å². The fourth-order valence-corrected chi connectivity index (χ4v) is 9.21. The van der Waals surface area contributed by atoms with E-state index in [0.717, 1.165) is 46.3 Å². The summed E-state index contributed by atoms with van der Waals surface area (Å²) in [7, 11) is 0. The lowest BCUT2D eigenvalue weighted by molar-refractivity contribution is -0.115. The standard InChI is InChI=1S/C43H37ClIN3O3S/c1-2-50-38-22-28(21-37(45)41(38)51-26-27-13-15-31(44)16-14-27)23-39-42(49)47-43(52-39)46-32-24-35-33(29-9-5-3-6-10-29)17-19-48-20-18-34(36(25-32)40(35)48)30-11-7-4-8-12-30/h3-16,21-25,33-34H,2,17-20,26H2,1H3,(H,46,47,49)/b39-23-/t33-,34-/m0/s1. The lowest BCUT2D eigenvalue weighted by Crippen LogP contribution is -2.37. The molecule has 52 heavy (non-hydrogen) atoms. The predicted molar refractivity (Wildman–Crippen MR) is 221 cm³/mol. The summed E-state index contributed by atoms with van der Waals surface area (Å²) in [6.07, 6.45) is 4.00. The van der Waals surface area contributed by atoms with E-state index in [1.54, 1.807) is 0 Å². The van der Waals surface area contributed by atoms with Gasteiger partial charge >= 0.3 is 0 Å². The molecule has 5 aromatic carbocycles. The van der Waals surface area contributed by atoms with Gasteiger partial charge in [0.1, 0.15) is 6.61 Å². The summed E-state index contributed by atoms with van der Waals surface area (Å²) < 4.78 is 13.1. The van der Waals surface area contributed by atoms with Gasteiger partial charge in [0.15, 0.2) is 16.7 Å². The summed E-state index contributed by atoms with van der Waals surface area (Å²) >= 11 is 9.68. The maximum atomic E-state index is 13.4. The molecule has 1 saturated heterocycles. The van der Waals surface area contributed by atoms with Crippen LogP contribution in [0.4, 0.5) is 11.4 Å². The second-order valence-electron chi connectivity index (χ2n) is 13.1. The Bertz CT molecular complexity index is 2100. The van der Waals surface area contributed by atoms with Gasteiger partial charge in [-0.1, -0.05) is 84.4 Å². The number of carbonyl (C=O) groups excluding carboxylic acids is 1. The largest absolute Gasteiger partial charge is 0.490 e. The van der Waals surface area contributed by atoms with Gasteiger partial charge in [-0.2, -0.15) is 0 Å². The first-order valence-electron chi connectivity index (χ1n) is 17.6. The van der Waals surface area contributed by atoms with Crippen molar-refractivity contribution in [3.8, 4) is 11.5 Å². The lowest BCUT2D eigenvalue weighted by Gasteiger charge is -2.43. The first-order chi connectivity index (χ1) is 25.4. The van der Waals surface area contributed by atoms with Gasteiger partial charge in [-0.05, 0) is 130 Å². The smallest absolute Gasteiger partial charge is 0.264 e. The highest BCUT2D eigenvalue weighted by molar-refractivity contribution is 14.1. The molecule has 3 aliphatic rings. The van der Waals surface area contributed by atoms with Crippen LogP contribution >= 0.6 is 46.0 Å². The Morgan fingerprint density at radius 1 is 0.885 bits per heavy atom. The quantitative estimate of drug-likeness (QED) is 0.118. The maximum Gasteiger partial charge on any atom is 0.264 e. The number of hydrogen-bond donors (Lipinski definition) is 1. The highest BCUT2D eigenvalue weighted by Gasteiger charge is 2.35. The monoisotopic (exact) mass is 837 g/mol. The number of aliphatic imine (C=N–C) groups is 1. The highest BCUT2D eigenvalue weighted by Crippen LogP contribution is 2.50. The van der Waals surface area contributed by atoms with E-state index < -0.39 is 0 Å². The summed E-state index contributed by atoms with van der Waals surface area (Å²) in [6.45, 7) is 4.88. The normalized spacial score (nSPS) is 19.4. The zero-order chi connectivity index (χ0) is 35.6. The van der Waals surface area contributed by atoms with E-state index in [-0.39, 0.29) is 17.7 Å². The molecular formula is C43H37ClIN3O3S. The van der Waals surface area contributed by atoms with E-state index in [9.17, 15) is 4.79 Å². The number of nitrogens with one attached hydrogen (secondary N) is 1. The van der Waals surface area contributed by atoms with E-state index in [2.05, 4.69) is 106 Å². The molecular weight excluding hydrogens is 801 g/mol. The Balaban J connectivity index is 1.11. The van der Waals surface area contributed by atoms with Gasteiger partial charge < -0.3 is 19.7 Å². The van der Waals surface area contributed by atoms with Gasteiger partial charge in [-0.3, -0.25) is 4.79 Å². The zero-order valence-corrected chi connectivity index (χ0v) is 32.4. The first kappa shape index (κ1) is 34.8. The van der Waals surface area contributed by atoms with E-state index in [4.69, 9.17) is 26.1 Å².